The van der Waals surface area contributed by atoms with Gasteiger partial charge in [-0.15, -0.1) is 0 Å². The Kier molecular flexibility index (Phi) is 6.27. The van der Waals surface area contributed by atoms with E-state index >= 15 is 0 Å². The van der Waals surface area contributed by atoms with Gasteiger partial charge in [0.05, 0.1) is 30.2 Å². The monoisotopic (exact) mass is 534 g/mol. The maximum Gasteiger partial charge on any atom is 0.324 e. The third-order valence-electron chi connectivity index (χ3n) is 7.36. The molecule has 2 N–H and O–H groups in total. The van der Waals surface area contributed by atoms with Crippen LogP contribution in [0.15, 0.2) is 54.7 Å². The van der Waals surface area contributed by atoms with Gasteiger partial charge >= 0.3 is 6.03 Å². The highest BCUT2D eigenvalue weighted by molar-refractivity contribution is 7.93. The summed E-state index contributed by atoms with van der Waals surface area (Å²) in [6.07, 6.45) is 4.25. The average Bonchev–Trinajstić information content (AvgIpc) is 3.83. The molecule has 0 radical (unpaired) electrons. The van der Waals surface area contributed by atoms with E-state index in [0.717, 1.165) is 24.2 Å². The number of nitrogens with one attached hydrogen (secondary N) is 2. The Balaban J connectivity index is 1.30. The van der Waals surface area contributed by atoms with Gasteiger partial charge in [-0.05, 0) is 69.0 Å². The number of aromatic nitrogens is 3. The van der Waals surface area contributed by atoms with Crippen molar-refractivity contribution in [3.05, 3.63) is 60.4 Å². The molecular formula is C27H30N6O4S. The first kappa shape index (κ1) is 24.7. The molecule has 2 aliphatic carbocycles. The molecule has 38 heavy (non-hydrogen) atoms. The number of ether oxygens (including phenoxy) is 1. The van der Waals surface area contributed by atoms with E-state index in [0.29, 0.717) is 55.6 Å². The van der Waals surface area contributed by atoms with Crippen LogP contribution in [0.1, 0.15) is 38.3 Å². The third-order valence-corrected chi connectivity index (χ3v) is 10.4. The summed E-state index contributed by atoms with van der Waals surface area (Å²) in [5, 5.41) is 5.22. The second-order valence-corrected chi connectivity index (χ2v) is 12.7. The van der Waals surface area contributed by atoms with E-state index in [2.05, 4.69) is 27.4 Å². The van der Waals surface area contributed by atoms with E-state index in [-0.39, 0.29) is 11.3 Å². The molecule has 10 nitrogen and oxygen atoms in total. The standard InChI is InChI=1S/C27H30N6O4S/c1-18-17-37-15-14-33(18)24-16-22(27(11-12-27)38(35,36)21-9-10-21)30-25(32-24)19-5-7-20(8-6-19)29-26(34)31-23-4-2-3-13-28-23/h2-8,13,16,18,21H,9-12,14-15,17H2,1H3,(H2,28,29,31,34)/t18-/m0/s1. The third kappa shape index (κ3) is 4.71. The van der Waals surface area contributed by atoms with E-state index in [4.69, 9.17) is 14.7 Å². The number of amides is 2. The number of hydrogen-bond acceptors (Lipinski definition) is 8. The molecular weight excluding hydrogens is 504 g/mol. The zero-order valence-corrected chi connectivity index (χ0v) is 21.9. The number of anilines is 3. The Morgan fingerprint density at radius 2 is 1.87 bits per heavy atom. The number of rotatable bonds is 7. The summed E-state index contributed by atoms with van der Waals surface area (Å²) < 4.78 is 31.5. The first-order valence-electron chi connectivity index (χ1n) is 12.9. The van der Waals surface area contributed by atoms with Gasteiger partial charge in [-0.1, -0.05) is 6.07 Å². The number of pyridine rings is 1. The molecule has 3 heterocycles. The van der Waals surface area contributed by atoms with Crippen molar-refractivity contribution < 1.29 is 17.9 Å². The van der Waals surface area contributed by atoms with Crippen LogP contribution in [-0.4, -0.2) is 60.5 Å². The van der Waals surface area contributed by atoms with Crippen molar-refractivity contribution in [3.63, 3.8) is 0 Å². The molecule has 0 unspecified atom stereocenters. The number of hydrogen-bond donors (Lipinski definition) is 2. The van der Waals surface area contributed by atoms with Crippen molar-refractivity contribution in [1.82, 2.24) is 15.0 Å². The zero-order chi connectivity index (χ0) is 26.3. The molecule has 11 heteroatoms. The molecule has 1 aromatic carbocycles. The molecule has 2 aromatic heterocycles. The molecule has 1 atom stereocenters. The summed E-state index contributed by atoms with van der Waals surface area (Å²) in [5.74, 6) is 1.64. The maximum atomic E-state index is 13.4. The van der Waals surface area contributed by atoms with Gasteiger partial charge in [0.1, 0.15) is 16.4 Å². The Morgan fingerprint density at radius 1 is 1.08 bits per heavy atom. The molecule has 0 bridgehead atoms. The van der Waals surface area contributed by atoms with Crippen molar-refractivity contribution in [2.24, 2.45) is 0 Å². The van der Waals surface area contributed by atoms with Crippen LogP contribution in [0.5, 0.6) is 0 Å². The number of morpholine rings is 1. The topological polar surface area (TPSA) is 126 Å². The lowest BCUT2D eigenvalue weighted by Gasteiger charge is -2.34. The molecule has 2 amide bonds. The van der Waals surface area contributed by atoms with Crippen LogP contribution in [0.25, 0.3) is 11.4 Å². The molecule has 3 aromatic rings. The predicted octanol–water partition coefficient (Wildman–Crippen LogP) is 3.97. The van der Waals surface area contributed by atoms with Crippen LogP contribution in [0.3, 0.4) is 0 Å². The smallest absolute Gasteiger partial charge is 0.324 e. The van der Waals surface area contributed by atoms with Gasteiger partial charge in [0.2, 0.25) is 0 Å². The summed E-state index contributed by atoms with van der Waals surface area (Å²) in [4.78, 5) is 28.3. The summed E-state index contributed by atoms with van der Waals surface area (Å²) >= 11 is 0. The minimum atomic E-state index is -3.31. The Labute approximate surface area is 221 Å². The van der Waals surface area contributed by atoms with Crippen molar-refractivity contribution in [2.75, 3.05) is 35.3 Å². The van der Waals surface area contributed by atoms with E-state index in [1.165, 1.54) is 0 Å². The van der Waals surface area contributed by atoms with Crippen molar-refractivity contribution in [2.45, 2.75) is 48.6 Å². The number of benzene rings is 1. The van der Waals surface area contributed by atoms with Gasteiger partial charge in [0.25, 0.3) is 0 Å². The SMILES string of the molecule is C[C@H]1COCCN1c1cc(C2(S(=O)(=O)C3CC3)CC2)nc(-c2ccc(NC(=O)Nc3ccccn3)cc2)n1. The zero-order valence-electron chi connectivity index (χ0n) is 21.1. The average molecular weight is 535 g/mol. The Morgan fingerprint density at radius 3 is 2.53 bits per heavy atom. The molecule has 198 valence electrons. The van der Waals surface area contributed by atoms with Gasteiger partial charge in [0.15, 0.2) is 15.7 Å². The number of sulfone groups is 1. The lowest BCUT2D eigenvalue weighted by molar-refractivity contribution is 0.0985. The highest BCUT2D eigenvalue weighted by Crippen LogP contribution is 2.57. The van der Waals surface area contributed by atoms with Crippen LogP contribution in [0.4, 0.5) is 22.1 Å². The quantitative estimate of drug-likeness (QED) is 0.466. The lowest BCUT2D eigenvalue weighted by Crippen LogP contribution is -2.44. The van der Waals surface area contributed by atoms with Crippen molar-refractivity contribution in [3.8, 4) is 11.4 Å². The normalized spacial score (nSPS) is 20.6. The lowest BCUT2D eigenvalue weighted by atomic mass is 10.1. The molecule has 3 fully saturated rings. The van der Waals surface area contributed by atoms with Crippen molar-refractivity contribution >= 4 is 33.2 Å². The first-order valence-corrected chi connectivity index (χ1v) is 14.5. The molecule has 2 saturated carbocycles. The van der Waals surface area contributed by atoms with Gasteiger partial charge in [-0.2, -0.15) is 0 Å². The number of urea groups is 1. The molecule has 1 aliphatic heterocycles. The van der Waals surface area contributed by atoms with Crippen LogP contribution in [0.2, 0.25) is 0 Å². The van der Waals surface area contributed by atoms with Crippen LogP contribution in [0, 0.1) is 0 Å². The Bertz CT molecular complexity index is 1440. The number of carbonyl (C=O) groups is 1. The maximum absolute atomic E-state index is 13.4. The summed E-state index contributed by atoms with van der Waals surface area (Å²) in [6.45, 7) is 3.92. The molecule has 1 saturated heterocycles. The van der Waals surface area contributed by atoms with Crippen LogP contribution in [-0.2, 0) is 19.3 Å². The largest absolute Gasteiger partial charge is 0.377 e. The predicted molar refractivity (Wildman–Crippen MR) is 145 cm³/mol. The van der Waals surface area contributed by atoms with Crippen molar-refractivity contribution in [1.29, 1.82) is 0 Å². The first-order chi connectivity index (χ1) is 18.4. The number of nitrogens with zero attached hydrogens (tertiary/aromatic N) is 4. The second-order valence-electron chi connectivity index (χ2n) is 10.2. The van der Waals surface area contributed by atoms with E-state index in [1.807, 2.05) is 18.2 Å². The van der Waals surface area contributed by atoms with E-state index in [9.17, 15) is 13.2 Å². The Hall–Kier alpha value is -3.57. The minimum Gasteiger partial charge on any atom is -0.377 e. The minimum absolute atomic E-state index is 0.110. The van der Waals surface area contributed by atoms with E-state index < -0.39 is 20.6 Å². The second kappa shape index (κ2) is 9.63. The summed E-state index contributed by atoms with van der Waals surface area (Å²) in [5.41, 5.74) is 1.92. The highest BCUT2D eigenvalue weighted by atomic mass is 32.2. The van der Waals surface area contributed by atoms with Gasteiger partial charge in [0, 0.05) is 30.1 Å². The van der Waals surface area contributed by atoms with Crippen LogP contribution < -0.4 is 15.5 Å². The fraction of sp³-hybridized carbons (Fsp3) is 0.407. The van der Waals surface area contributed by atoms with Gasteiger partial charge < -0.3 is 15.0 Å². The van der Waals surface area contributed by atoms with Crippen LogP contribution >= 0.6 is 0 Å². The fourth-order valence-electron chi connectivity index (χ4n) is 4.93. The van der Waals surface area contributed by atoms with Gasteiger partial charge in [-0.3, -0.25) is 5.32 Å². The number of carbonyl (C=O) groups excluding carboxylic acids is 1. The summed E-state index contributed by atoms with van der Waals surface area (Å²) in [6, 6.07) is 14.1. The molecule has 3 aliphatic rings. The summed E-state index contributed by atoms with van der Waals surface area (Å²) in [7, 11) is -3.31. The molecule has 0 spiro atoms. The van der Waals surface area contributed by atoms with Gasteiger partial charge in [-0.25, -0.2) is 28.2 Å². The fourth-order valence-corrected chi connectivity index (χ4v) is 7.39. The van der Waals surface area contributed by atoms with E-state index in [1.54, 1.807) is 36.5 Å². The molecule has 6 rings (SSSR count). The highest BCUT2D eigenvalue weighted by Gasteiger charge is 2.61.